The van der Waals surface area contributed by atoms with Crippen molar-refractivity contribution in [3.8, 4) is 0 Å². The van der Waals surface area contributed by atoms with Gasteiger partial charge in [0.25, 0.3) is 0 Å². The first-order chi connectivity index (χ1) is 9.49. The lowest BCUT2D eigenvalue weighted by molar-refractivity contribution is 0.434. The zero-order valence-electron chi connectivity index (χ0n) is 12.9. The fourth-order valence-corrected chi connectivity index (χ4v) is 2.83. The zero-order valence-corrected chi connectivity index (χ0v) is 12.9. The summed E-state index contributed by atoms with van der Waals surface area (Å²) in [6.07, 6.45) is 0. The van der Waals surface area contributed by atoms with Crippen LogP contribution in [0.1, 0.15) is 42.0 Å². The Morgan fingerprint density at radius 3 is 1.60 bits per heavy atom. The summed E-state index contributed by atoms with van der Waals surface area (Å²) in [5.41, 5.74) is 11.5. The predicted octanol–water partition coefficient (Wildman–Crippen LogP) is 4.42. The van der Waals surface area contributed by atoms with E-state index in [0.717, 1.165) is 0 Å². The topological polar surface area (TPSA) is 26.0 Å². The highest BCUT2D eigenvalue weighted by atomic mass is 14.6. The highest BCUT2D eigenvalue weighted by molar-refractivity contribution is 5.37. The third kappa shape index (κ3) is 3.29. The average molecular weight is 267 g/mol. The number of hydrogen-bond donors (Lipinski definition) is 1. The molecule has 0 aliphatic carbocycles. The van der Waals surface area contributed by atoms with E-state index in [1.54, 1.807) is 0 Å². The number of aryl methyl sites for hydroxylation is 2. The maximum absolute atomic E-state index is 6.19. The van der Waals surface area contributed by atoms with Crippen molar-refractivity contribution in [3.05, 3.63) is 70.8 Å². The van der Waals surface area contributed by atoms with Crippen molar-refractivity contribution in [2.24, 2.45) is 11.7 Å². The van der Waals surface area contributed by atoms with Crippen molar-refractivity contribution in [2.75, 3.05) is 0 Å². The molecule has 20 heavy (non-hydrogen) atoms. The molecule has 1 heteroatoms. The Morgan fingerprint density at radius 1 is 0.800 bits per heavy atom. The van der Waals surface area contributed by atoms with Crippen molar-refractivity contribution in [1.82, 2.24) is 0 Å². The lowest BCUT2D eigenvalue weighted by Gasteiger charge is -2.28. The van der Waals surface area contributed by atoms with Gasteiger partial charge in [0.05, 0.1) is 0 Å². The molecule has 0 fully saturated rings. The second-order valence-electron chi connectivity index (χ2n) is 6.02. The van der Waals surface area contributed by atoms with Crippen LogP contribution < -0.4 is 5.73 Å². The Bertz CT molecular complexity index is 526. The third-order valence-electron chi connectivity index (χ3n) is 4.16. The van der Waals surface area contributed by atoms with E-state index < -0.39 is 0 Å². The minimum absolute atomic E-state index is 0.168. The molecule has 0 bridgehead atoms. The molecule has 0 aliphatic rings. The fourth-order valence-electron chi connectivity index (χ4n) is 2.83. The average Bonchev–Trinajstić information content (AvgIpc) is 2.39. The molecular formula is C19H25N. The van der Waals surface area contributed by atoms with Crippen LogP contribution in [0.25, 0.3) is 0 Å². The molecule has 0 heterocycles. The summed E-state index contributed by atoms with van der Waals surface area (Å²) >= 11 is 0. The Balaban J connectivity index is 2.50. The zero-order chi connectivity index (χ0) is 14.7. The third-order valence-corrected chi connectivity index (χ3v) is 4.16. The van der Waals surface area contributed by atoms with Gasteiger partial charge in [0.1, 0.15) is 0 Å². The van der Waals surface area contributed by atoms with Crippen LogP contribution in [0.2, 0.25) is 0 Å². The van der Waals surface area contributed by atoms with Crippen LogP contribution in [0.3, 0.4) is 0 Å². The van der Waals surface area contributed by atoms with Gasteiger partial charge < -0.3 is 5.73 Å². The molecule has 2 aromatic carbocycles. The number of rotatable bonds is 4. The van der Waals surface area contributed by atoms with Crippen molar-refractivity contribution >= 4 is 0 Å². The molecule has 1 nitrogen and oxygen atoms in total. The first-order valence-electron chi connectivity index (χ1n) is 7.37. The lowest BCUT2D eigenvalue weighted by atomic mass is 9.78. The fraction of sp³-hybridized carbons (Fsp3) is 0.368. The number of benzene rings is 2. The molecule has 0 aliphatic heterocycles. The molecule has 2 unspecified atom stereocenters. The Kier molecular flexibility index (Phi) is 4.61. The monoisotopic (exact) mass is 267 g/mol. The normalized spacial score (nSPS) is 14.3. The summed E-state index contributed by atoms with van der Waals surface area (Å²) < 4.78 is 0. The van der Waals surface area contributed by atoms with Gasteiger partial charge in [-0.25, -0.2) is 0 Å². The lowest BCUT2D eigenvalue weighted by Crippen LogP contribution is -2.29. The molecule has 0 saturated heterocycles. The van der Waals surface area contributed by atoms with Crippen molar-refractivity contribution < 1.29 is 0 Å². The summed E-state index contributed by atoms with van der Waals surface area (Å²) in [6, 6.07) is 17.7. The van der Waals surface area contributed by atoms with Gasteiger partial charge in [0.2, 0.25) is 0 Å². The van der Waals surface area contributed by atoms with Crippen LogP contribution >= 0.6 is 0 Å². The quantitative estimate of drug-likeness (QED) is 0.872. The highest BCUT2D eigenvalue weighted by Gasteiger charge is 2.24. The molecule has 2 N–H and O–H groups in total. The van der Waals surface area contributed by atoms with E-state index in [2.05, 4.69) is 76.2 Å². The molecule has 106 valence electrons. The maximum Gasteiger partial charge on any atom is 0.0130 e. The SMILES string of the molecule is Cc1cccc(C(c2cccc(C)c2)C(C)C(C)N)c1. The summed E-state index contributed by atoms with van der Waals surface area (Å²) in [5, 5.41) is 0. The van der Waals surface area contributed by atoms with Crippen LogP contribution in [-0.4, -0.2) is 6.04 Å². The standard InChI is InChI=1S/C19H25N/c1-13-7-5-9-17(11-13)19(15(3)16(4)20)18-10-6-8-14(2)12-18/h5-12,15-16,19H,20H2,1-4H3. The predicted molar refractivity (Wildman–Crippen MR) is 87.0 cm³/mol. The van der Waals surface area contributed by atoms with Gasteiger partial charge >= 0.3 is 0 Å². The van der Waals surface area contributed by atoms with Crippen LogP contribution in [0.5, 0.6) is 0 Å². The first kappa shape index (κ1) is 14.8. The van der Waals surface area contributed by atoms with Crippen LogP contribution in [0.15, 0.2) is 48.5 Å². The van der Waals surface area contributed by atoms with Crippen LogP contribution in [0, 0.1) is 19.8 Å². The molecule has 0 amide bonds. The maximum atomic E-state index is 6.19. The largest absolute Gasteiger partial charge is 0.328 e. The van der Waals surface area contributed by atoms with Gasteiger partial charge in [-0.2, -0.15) is 0 Å². The van der Waals surface area contributed by atoms with E-state index >= 15 is 0 Å². The molecule has 0 aromatic heterocycles. The molecule has 0 spiro atoms. The van der Waals surface area contributed by atoms with Gasteiger partial charge in [0, 0.05) is 12.0 Å². The van der Waals surface area contributed by atoms with E-state index in [0.29, 0.717) is 11.8 Å². The van der Waals surface area contributed by atoms with Gasteiger partial charge in [0.15, 0.2) is 0 Å². The van der Waals surface area contributed by atoms with Crippen molar-refractivity contribution in [3.63, 3.8) is 0 Å². The Labute approximate surface area is 122 Å². The number of hydrogen-bond acceptors (Lipinski definition) is 1. The summed E-state index contributed by atoms with van der Waals surface area (Å²) in [5.74, 6) is 0.758. The molecule has 2 aromatic rings. The van der Waals surface area contributed by atoms with E-state index in [9.17, 15) is 0 Å². The molecule has 0 radical (unpaired) electrons. The minimum Gasteiger partial charge on any atom is -0.328 e. The smallest absolute Gasteiger partial charge is 0.0130 e. The Hall–Kier alpha value is -1.60. The summed E-state index contributed by atoms with van der Waals surface area (Å²) in [4.78, 5) is 0. The van der Waals surface area contributed by atoms with Gasteiger partial charge in [-0.1, -0.05) is 66.6 Å². The molecular weight excluding hydrogens is 242 g/mol. The van der Waals surface area contributed by atoms with E-state index in [4.69, 9.17) is 5.73 Å². The first-order valence-corrected chi connectivity index (χ1v) is 7.37. The van der Waals surface area contributed by atoms with E-state index in [-0.39, 0.29) is 6.04 Å². The Morgan fingerprint density at radius 2 is 1.25 bits per heavy atom. The van der Waals surface area contributed by atoms with Gasteiger partial charge in [-0.15, -0.1) is 0 Å². The van der Waals surface area contributed by atoms with Crippen LogP contribution in [-0.2, 0) is 0 Å². The van der Waals surface area contributed by atoms with Crippen LogP contribution in [0.4, 0.5) is 0 Å². The number of nitrogens with two attached hydrogens (primary N) is 1. The van der Waals surface area contributed by atoms with Gasteiger partial charge in [-0.05, 0) is 37.8 Å². The highest BCUT2D eigenvalue weighted by Crippen LogP contribution is 2.34. The van der Waals surface area contributed by atoms with Crippen molar-refractivity contribution in [1.29, 1.82) is 0 Å². The molecule has 2 atom stereocenters. The minimum atomic E-state index is 0.168. The second-order valence-corrected chi connectivity index (χ2v) is 6.02. The van der Waals surface area contributed by atoms with Crippen molar-refractivity contribution in [2.45, 2.75) is 39.7 Å². The molecule has 0 saturated carbocycles. The summed E-state index contributed by atoms with van der Waals surface area (Å²) in [7, 11) is 0. The van der Waals surface area contributed by atoms with E-state index in [1.165, 1.54) is 22.3 Å². The van der Waals surface area contributed by atoms with Gasteiger partial charge in [-0.3, -0.25) is 0 Å². The summed E-state index contributed by atoms with van der Waals surface area (Å²) in [6.45, 7) is 8.64. The van der Waals surface area contributed by atoms with E-state index in [1.807, 2.05) is 0 Å². The second kappa shape index (κ2) is 6.23. The molecule has 2 rings (SSSR count).